The third-order valence-corrected chi connectivity index (χ3v) is 2.71. The second kappa shape index (κ2) is 3.49. The van der Waals surface area contributed by atoms with Crippen LogP contribution in [0.5, 0.6) is 0 Å². The van der Waals surface area contributed by atoms with Crippen LogP contribution in [0.3, 0.4) is 0 Å². The van der Waals surface area contributed by atoms with Crippen molar-refractivity contribution >= 4 is 12.6 Å². The number of hydrogen-bond acceptors (Lipinski definition) is 6. The van der Waals surface area contributed by atoms with Gasteiger partial charge in [0.15, 0.2) is 0 Å². The molecule has 0 aromatic carbocycles. The zero-order valence-corrected chi connectivity index (χ0v) is 7.04. The average Bonchev–Trinajstić information content (AvgIpc) is 2.08. The summed E-state index contributed by atoms with van der Waals surface area (Å²) >= 11 is 3.78. The van der Waals surface area contributed by atoms with Crippen LogP contribution in [0.1, 0.15) is 0 Å². The van der Waals surface area contributed by atoms with Crippen molar-refractivity contribution < 1.29 is 25.5 Å². The van der Waals surface area contributed by atoms with Gasteiger partial charge in [-0.2, -0.15) is 12.6 Å². The van der Waals surface area contributed by atoms with E-state index in [1.807, 2.05) is 0 Å². The molecule has 1 aliphatic rings. The molecular weight excluding hydrogens is 184 g/mol. The summed E-state index contributed by atoms with van der Waals surface area (Å²) in [6, 6.07) is 0. The number of aliphatic hydroxyl groups excluding tert-OH is 5. The first-order chi connectivity index (χ1) is 5.46. The molecule has 12 heavy (non-hydrogen) atoms. The van der Waals surface area contributed by atoms with Gasteiger partial charge in [0, 0.05) is 0 Å². The Morgan fingerprint density at radius 2 is 0.833 bits per heavy atom. The average molecular weight is 196 g/mol. The zero-order chi connectivity index (χ0) is 9.46. The molecule has 1 rings (SSSR count). The molecule has 0 amide bonds. The summed E-state index contributed by atoms with van der Waals surface area (Å²) in [5.74, 6) is 0. The van der Waals surface area contributed by atoms with Crippen molar-refractivity contribution in [1.82, 2.24) is 0 Å². The predicted octanol–water partition coefficient (Wildman–Crippen LogP) is -2.90. The molecule has 72 valence electrons. The highest BCUT2D eigenvalue weighted by Crippen LogP contribution is 2.24. The molecule has 0 heterocycles. The van der Waals surface area contributed by atoms with E-state index in [-0.39, 0.29) is 0 Å². The molecule has 5 N–H and O–H groups in total. The molecule has 0 bridgehead atoms. The third kappa shape index (κ3) is 1.46. The first-order valence-corrected chi connectivity index (χ1v) is 4.07. The van der Waals surface area contributed by atoms with E-state index in [9.17, 15) is 0 Å². The normalized spacial score (nSPS) is 55.5. The minimum atomic E-state index is -1.53. The van der Waals surface area contributed by atoms with Gasteiger partial charge in [0.2, 0.25) is 0 Å². The molecule has 1 saturated carbocycles. The van der Waals surface area contributed by atoms with Crippen LogP contribution >= 0.6 is 12.6 Å². The van der Waals surface area contributed by atoms with E-state index in [1.165, 1.54) is 0 Å². The molecule has 5 nitrogen and oxygen atoms in total. The molecule has 0 spiro atoms. The van der Waals surface area contributed by atoms with Crippen molar-refractivity contribution in [2.24, 2.45) is 0 Å². The molecule has 0 radical (unpaired) electrons. The van der Waals surface area contributed by atoms with Crippen LogP contribution in [0.25, 0.3) is 0 Å². The largest absolute Gasteiger partial charge is 0.389 e. The Hall–Kier alpha value is 0.150. The van der Waals surface area contributed by atoms with Gasteiger partial charge in [-0.05, 0) is 0 Å². The fourth-order valence-electron chi connectivity index (χ4n) is 1.21. The van der Waals surface area contributed by atoms with Gasteiger partial charge in [0.1, 0.15) is 18.3 Å². The van der Waals surface area contributed by atoms with E-state index in [1.54, 1.807) is 0 Å². The van der Waals surface area contributed by atoms with Gasteiger partial charge in [-0.3, -0.25) is 0 Å². The minimum Gasteiger partial charge on any atom is -0.389 e. The van der Waals surface area contributed by atoms with Gasteiger partial charge >= 0.3 is 0 Å². The smallest absolute Gasteiger partial charge is 0.111 e. The van der Waals surface area contributed by atoms with E-state index in [0.717, 1.165) is 0 Å². The van der Waals surface area contributed by atoms with Gasteiger partial charge in [0.05, 0.1) is 17.5 Å². The summed E-state index contributed by atoms with van der Waals surface area (Å²) < 4.78 is 0. The zero-order valence-electron chi connectivity index (χ0n) is 6.15. The van der Waals surface area contributed by atoms with Gasteiger partial charge in [-0.15, -0.1) is 0 Å². The lowest BCUT2D eigenvalue weighted by molar-refractivity contribution is -0.172. The molecule has 0 saturated heterocycles. The Bertz CT molecular complexity index is 107. The molecule has 6 atom stereocenters. The van der Waals surface area contributed by atoms with Gasteiger partial charge in [-0.1, -0.05) is 0 Å². The van der Waals surface area contributed by atoms with Crippen LogP contribution in [0, 0.1) is 0 Å². The topological polar surface area (TPSA) is 101 Å². The maximum atomic E-state index is 9.15. The first kappa shape index (κ1) is 10.2. The summed E-state index contributed by atoms with van der Waals surface area (Å²) in [4.78, 5) is 0. The van der Waals surface area contributed by atoms with E-state index in [0.29, 0.717) is 0 Å². The van der Waals surface area contributed by atoms with Crippen molar-refractivity contribution in [3.8, 4) is 0 Å². The number of hydrogen-bond donors (Lipinski definition) is 6. The Labute approximate surface area is 74.7 Å². The van der Waals surface area contributed by atoms with E-state index < -0.39 is 35.8 Å². The van der Waals surface area contributed by atoms with E-state index in [2.05, 4.69) is 12.6 Å². The Kier molecular flexibility index (Phi) is 2.97. The van der Waals surface area contributed by atoms with Gasteiger partial charge in [0.25, 0.3) is 0 Å². The summed E-state index contributed by atoms with van der Waals surface area (Å²) in [5.41, 5.74) is 0. The highest BCUT2D eigenvalue weighted by Gasteiger charge is 2.46. The predicted molar refractivity (Wildman–Crippen MR) is 42.8 cm³/mol. The molecule has 0 aromatic heterocycles. The standard InChI is InChI=1S/C6H12O5S/c7-1-2(8)4(10)6(12)5(11)3(1)9/h1-12H/t1?,2-,3-,4-,5+,6?/m1/s1. The second-order valence-electron chi connectivity index (χ2n) is 2.94. The molecule has 2 unspecified atom stereocenters. The highest BCUT2D eigenvalue weighted by molar-refractivity contribution is 7.81. The molecular formula is C6H12O5S. The Morgan fingerprint density at radius 1 is 0.583 bits per heavy atom. The quantitative estimate of drug-likeness (QED) is 0.233. The van der Waals surface area contributed by atoms with E-state index in [4.69, 9.17) is 25.5 Å². The van der Waals surface area contributed by atoms with Crippen LogP contribution in [0.15, 0.2) is 0 Å². The fourth-order valence-corrected chi connectivity index (χ4v) is 1.56. The summed E-state index contributed by atoms with van der Waals surface area (Å²) in [5, 5.41) is 44.6. The van der Waals surface area contributed by atoms with Crippen molar-refractivity contribution in [2.45, 2.75) is 35.8 Å². The number of rotatable bonds is 0. The van der Waals surface area contributed by atoms with Crippen molar-refractivity contribution in [2.75, 3.05) is 0 Å². The second-order valence-corrected chi connectivity index (χ2v) is 3.54. The van der Waals surface area contributed by atoms with Crippen molar-refractivity contribution in [3.05, 3.63) is 0 Å². The first-order valence-electron chi connectivity index (χ1n) is 3.55. The van der Waals surface area contributed by atoms with Crippen molar-refractivity contribution in [3.63, 3.8) is 0 Å². The van der Waals surface area contributed by atoms with Gasteiger partial charge < -0.3 is 25.5 Å². The van der Waals surface area contributed by atoms with Crippen LogP contribution in [0.2, 0.25) is 0 Å². The summed E-state index contributed by atoms with van der Waals surface area (Å²) in [7, 11) is 0. The van der Waals surface area contributed by atoms with Crippen LogP contribution < -0.4 is 0 Å². The van der Waals surface area contributed by atoms with Crippen LogP contribution in [-0.4, -0.2) is 61.3 Å². The van der Waals surface area contributed by atoms with Crippen molar-refractivity contribution in [1.29, 1.82) is 0 Å². The number of aliphatic hydroxyl groups is 5. The van der Waals surface area contributed by atoms with E-state index >= 15 is 0 Å². The molecule has 0 aromatic rings. The molecule has 0 aliphatic heterocycles. The summed E-state index contributed by atoms with van der Waals surface area (Å²) in [6.45, 7) is 0. The molecule has 6 heteroatoms. The summed E-state index contributed by atoms with van der Waals surface area (Å²) in [6.07, 6.45) is -7.13. The van der Waals surface area contributed by atoms with Crippen LogP contribution in [0.4, 0.5) is 0 Å². The monoisotopic (exact) mass is 196 g/mol. The lowest BCUT2D eigenvalue weighted by Crippen LogP contribution is -2.61. The van der Waals surface area contributed by atoms with Crippen LogP contribution in [-0.2, 0) is 0 Å². The maximum absolute atomic E-state index is 9.15. The Morgan fingerprint density at radius 3 is 1.17 bits per heavy atom. The minimum absolute atomic E-state index is 0.946. The number of thiol groups is 1. The molecule has 1 fully saturated rings. The van der Waals surface area contributed by atoms with Gasteiger partial charge in [-0.25, -0.2) is 0 Å². The fraction of sp³-hybridized carbons (Fsp3) is 1.00. The maximum Gasteiger partial charge on any atom is 0.111 e. The lowest BCUT2D eigenvalue weighted by atomic mass is 9.87. The SMILES string of the molecule is OC1[C@@H](O)[C@H](O)C(S)[C@H](O)[C@@H]1O. The molecule has 1 aliphatic carbocycles. The lowest BCUT2D eigenvalue weighted by Gasteiger charge is -2.39. The highest BCUT2D eigenvalue weighted by atomic mass is 32.1. The third-order valence-electron chi connectivity index (χ3n) is 2.10. The Balaban J connectivity index is 2.76.